The van der Waals surface area contributed by atoms with Crippen LogP contribution in [0.15, 0.2) is 0 Å². The Morgan fingerprint density at radius 1 is 1.71 bits per heavy atom. The van der Waals surface area contributed by atoms with Crippen LogP contribution >= 0.6 is 30.9 Å². The van der Waals surface area contributed by atoms with Gasteiger partial charge in [0, 0.05) is 39.5 Å². The molecule has 14 heavy (non-hydrogen) atoms. The van der Waals surface area contributed by atoms with Gasteiger partial charge in [0.2, 0.25) is 0 Å². The molecule has 4 nitrogen and oxygen atoms in total. The first kappa shape index (κ1) is 5.35. The van der Waals surface area contributed by atoms with E-state index in [0.29, 0.717) is 4.67 Å². The molecule has 0 spiro atoms. The highest BCUT2D eigenvalue weighted by Crippen LogP contribution is 2.47. The van der Waals surface area contributed by atoms with E-state index in [-0.39, 0.29) is 0 Å². The average molecular weight is 269 g/mol. The second-order valence-electron chi connectivity index (χ2n) is 2.21. The van der Waals surface area contributed by atoms with E-state index < -0.39 is 51.9 Å². The molecule has 0 aromatic heterocycles. The van der Waals surface area contributed by atoms with Gasteiger partial charge in [0.05, 0.1) is 9.30 Å². The maximum atomic E-state index is 12.8. The van der Waals surface area contributed by atoms with Crippen LogP contribution in [0.2, 0.25) is 0 Å². The Labute approximate surface area is 106 Å². The van der Waals surface area contributed by atoms with Gasteiger partial charge in [-0.1, -0.05) is 0 Å². The molecular weight excluding hydrogens is 246 g/mol. The lowest BCUT2D eigenvalue weighted by Crippen LogP contribution is -2.35. The summed E-state index contributed by atoms with van der Waals surface area (Å²) >= 11 is 10.9. The standard InChI is InChI=1S/C7H15Cl2N2O2P/c8-2-5-11(6-3-9)14(12)10-4-1-7-13-14/h1-7H2,(H,10,12)/i1D2,2D2,6D2,7D2. The van der Waals surface area contributed by atoms with Gasteiger partial charge < -0.3 is 4.52 Å². The van der Waals surface area contributed by atoms with E-state index in [1.807, 2.05) is 0 Å². The van der Waals surface area contributed by atoms with E-state index in [9.17, 15) is 4.57 Å². The summed E-state index contributed by atoms with van der Waals surface area (Å²) in [5.74, 6) is -3.21. The fraction of sp³-hybridized carbons (Fsp3) is 1.00. The van der Waals surface area contributed by atoms with Gasteiger partial charge in [-0.25, -0.2) is 9.76 Å². The highest BCUT2D eigenvalue weighted by atomic mass is 35.5. The molecule has 0 amide bonds. The molecule has 1 atom stereocenters. The molecule has 0 aliphatic carbocycles. The maximum absolute atomic E-state index is 12.8. The first-order valence-corrected chi connectivity index (χ1v) is 6.14. The lowest BCUT2D eigenvalue weighted by Gasteiger charge is -2.33. The van der Waals surface area contributed by atoms with Crippen molar-refractivity contribution in [3.63, 3.8) is 0 Å². The molecule has 0 radical (unpaired) electrons. The average Bonchev–Trinajstić information content (AvgIpc) is 2.30. The first-order valence-electron chi connectivity index (χ1n) is 7.65. The van der Waals surface area contributed by atoms with Crippen LogP contribution in [0, 0.1) is 0 Å². The molecule has 1 saturated heterocycles. The van der Waals surface area contributed by atoms with Crippen LogP contribution in [-0.2, 0) is 9.09 Å². The van der Waals surface area contributed by atoms with Gasteiger partial charge in [0.1, 0.15) is 0 Å². The topological polar surface area (TPSA) is 41.6 Å². The number of hydrogen-bond donors (Lipinski definition) is 1. The van der Waals surface area contributed by atoms with Crippen LogP contribution in [0.25, 0.3) is 0 Å². The lowest BCUT2D eigenvalue weighted by atomic mass is 10.5. The molecule has 1 aliphatic rings. The summed E-state index contributed by atoms with van der Waals surface area (Å²) in [5, 5.41) is 2.12. The van der Waals surface area contributed by atoms with E-state index in [1.54, 1.807) is 0 Å². The molecule has 1 N–H and O–H groups in total. The second-order valence-corrected chi connectivity index (χ2v) is 4.77. The van der Waals surface area contributed by atoms with Gasteiger partial charge in [-0.05, 0) is 6.37 Å². The van der Waals surface area contributed by atoms with E-state index in [2.05, 4.69) is 9.61 Å². The van der Waals surface area contributed by atoms with Gasteiger partial charge in [-0.3, -0.25) is 4.57 Å². The van der Waals surface area contributed by atoms with Crippen LogP contribution in [-0.4, -0.2) is 42.5 Å². The molecule has 0 aromatic rings. The minimum absolute atomic E-state index is 0.368. The van der Waals surface area contributed by atoms with Crippen LogP contribution in [0.3, 0.4) is 0 Å². The molecule has 1 fully saturated rings. The number of rotatable bonds is 5. The molecule has 1 heterocycles. The Morgan fingerprint density at radius 2 is 2.50 bits per heavy atom. The van der Waals surface area contributed by atoms with Gasteiger partial charge in [-0.2, -0.15) is 0 Å². The zero-order valence-electron chi connectivity index (χ0n) is 15.1. The van der Waals surface area contributed by atoms with Gasteiger partial charge in [-0.15, -0.1) is 23.2 Å². The fourth-order valence-corrected chi connectivity index (χ4v) is 2.55. The highest BCUT2D eigenvalue weighted by Gasteiger charge is 2.32. The smallest absolute Gasteiger partial charge is 0.306 e. The lowest BCUT2D eigenvalue weighted by molar-refractivity contribution is 0.233. The third-order valence-electron chi connectivity index (χ3n) is 1.38. The quantitative estimate of drug-likeness (QED) is 0.611. The molecule has 7 heteroatoms. The predicted octanol–water partition coefficient (Wildman–Crippen LogP) is 1.88. The normalized spacial score (nSPS) is 45.9. The fourth-order valence-electron chi connectivity index (χ4n) is 0.804. The monoisotopic (exact) mass is 268 g/mol. The third-order valence-corrected chi connectivity index (χ3v) is 3.43. The Balaban J connectivity index is 3.22. The minimum Gasteiger partial charge on any atom is -0.306 e. The Bertz CT molecular complexity index is 474. The molecule has 1 aliphatic heterocycles. The number of nitrogens with zero attached hydrogens (tertiary/aromatic N) is 1. The summed E-state index contributed by atoms with van der Waals surface area (Å²) in [6, 6.07) is 0. The van der Waals surface area contributed by atoms with Crippen molar-refractivity contribution in [1.82, 2.24) is 9.76 Å². The predicted molar refractivity (Wildman–Crippen MR) is 59.2 cm³/mol. The highest BCUT2D eigenvalue weighted by molar-refractivity contribution is 7.54. The van der Waals surface area contributed by atoms with Gasteiger partial charge >= 0.3 is 7.67 Å². The van der Waals surface area contributed by atoms with Crippen LogP contribution < -0.4 is 5.09 Å². The Hall–Kier alpha value is 0.690. The van der Waals surface area contributed by atoms with Crippen molar-refractivity contribution in [3.8, 4) is 0 Å². The van der Waals surface area contributed by atoms with Crippen LogP contribution in [0.1, 0.15) is 17.3 Å². The van der Waals surface area contributed by atoms with E-state index in [4.69, 9.17) is 34.2 Å². The molecule has 84 valence electrons. The Kier molecular flexibility index (Phi) is 2.41. The molecule has 0 aromatic carbocycles. The van der Waals surface area contributed by atoms with Crippen molar-refractivity contribution in [1.29, 1.82) is 0 Å². The van der Waals surface area contributed by atoms with E-state index >= 15 is 0 Å². The summed E-state index contributed by atoms with van der Waals surface area (Å²) in [5.41, 5.74) is 0. The summed E-state index contributed by atoms with van der Waals surface area (Å²) in [6.07, 6.45) is -2.51. The van der Waals surface area contributed by atoms with E-state index in [1.165, 1.54) is 0 Å². The SMILES string of the molecule is [2H]C([2H])(Cl)CN(C([2H])([2H])CCl)P1(=O)NCC([2H])([2H])C([2H])([2H])O1. The van der Waals surface area contributed by atoms with Crippen molar-refractivity contribution >= 4 is 30.9 Å². The second kappa shape index (κ2) is 6.31. The molecular formula is C7H15Cl2N2O2P. The van der Waals surface area contributed by atoms with Crippen molar-refractivity contribution in [2.45, 2.75) is 6.37 Å². The van der Waals surface area contributed by atoms with Crippen molar-refractivity contribution < 1.29 is 20.1 Å². The van der Waals surface area contributed by atoms with Gasteiger partial charge in [0.25, 0.3) is 0 Å². The molecule has 1 rings (SSSR count). The summed E-state index contributed by atoms with van der Waals surface area (Å²) in [4.78, 5) is 0. The first-order chi connectivity index (χ1) is 9.56. The Morgan fingerprint density at radius 3 is 3.07 bits per heavy atom. The zero-order valence-corrected chi connectivity index (χ0v) is 9.49. The van der Waals surface area contributed by atoms with Crippen LogP contribution in [0.5, 0.6) is 0 Å². The van der Waals surface area contributed by atoms with Crippen LogP contribution in [0.4, 0.5) is 0 Å². The number of halogens is 2. The summed E-state index contributed by atoms with van der Waals surface area (Å²) in [6.45, 7) is -7.16. The molecule has 0 bridgehead atoms. The van der Waals surface area contributed by atoms with Crippen molar-refractivity contribution in [3.05, 3.63) is 0 Å². The largest absolute Gasteiger partial charge is 0.343 e. The van der Waals surface area contributed by atoms with Gasteiger partial charge in [0.15, 0.2) is 0 Å². The zero-order chi connectivity index (χ0) is 17.6. The summed E-state index contributed by atoms with van der Waals surface area (Å²) < 4.78 is 77.9. The molecule has 0 saturated carbocycles. The summed E-state index contributed by atoms with van der Waals surface area (Å²) in [7, 11) is -4.48. The number of hydrogen-bond acceptors (Lipinski definition) is 2. The third kappa shape index (κ3) is 3.37. The molecule has 1 unspecified atom stereocenters. The number of alkyl halides is 2. The minimum atomic E-state index is -4.48. The number of nitrogens with one attached hydrogen (secondary N) is 1. The van der Waals surface area contributed by atoms with E-state index in [0.717, 1.165) is 0 Å². The van der Waals surface area contributed by atoms with Crippen molar-refractivity contribution in [2.24, 2.45) is 0 Å². The maximum Gasteiger partial charge on any atom is 0.343 e. The van der Waals surface area contributed by atoms with Crippen molar-refractivity contribution in [2.75, 3.05) is 37.9 Å².